The van der Waals surface area contributed by atoms with E-state index >= 15 is 4.39 Å². The lowest BCUT2D eigenvalue weighted by molar-refractivity contribution is 0.122. The molecule has 4 aromatic rings. The van der Waals surface area contributed by atoms with E-state index < -0.39 is 11.6 Å². The normalized spacial score (nSPS) is 18.7. The zero-order valence-electron chi connectivity index (χ0n) is 23.5. The largest absolute Gasteiger partial charge is 0.463 e. The number of anilines is 1. The molecule has 2 saturated heterocycles. The summed E-state index contributed by atoms with van der Waals surface area (Å²) in [4.78, 5) is 18.5. The van der Waals surface area contributed by atoms with Gasteiger partial charge in [0.1, 0.15) is 22.8 Å². The predicted molar refractivity (Wildman–Crippen MR) is 159 cm³/mol. The Morgan fingerprint density at radius 2 is 1.81 bits per heavy atom. The summed E-state index contributed by atoms with van der Waals surface area (Å²) < 4.78 is 43.1. The quantitative estimate of drug-likeness (QED) is 0.269. The molecular formula is C33H33F2N5O2. The summed E-state index contributed by atoms with van der Waals surface area (Å²) in [6, 6.07) is 8.43. The van der Waals surface area contributed by atoms with Crippen LogP contribution in [0.2, 0.25) is 0 Å². The first kappa shape index (κ1) is 27.0. The summed E-state index contributed by atoms with van der Waals surface area (Å²) in [5.41, 5.74) is 0.745. The smallest absolute Gasteiger partial charge is 0.319 e. The van der Waals surface area contributed by atoms with Crippen molar-refractivity contribution in [2.24, 2.45) is 5.41 Å². The van der Waals surface area contributed by atoms with Crippen LogP contribution in [0.25, 0.3) is 32.9 Å². The molecule has 0 radical (unpaired) electrons. The van der Waals surface area contributed by atoms with Crippen LogP contribution in [0.4, 0.5) is 14.6 Å². The highest BCUT2D eigenvalue weighted by atomic mass is 19.1. The highest BCUT2D eigenvalue weighted by molar-refractivity contribution is 6.02. The Bertz CT molecular complexity index is 1690. The number of terminal acetylenes is 1. The van der Waals surface area contributed by atoms with Gasteiger partial charge in [0.2, 0.25) is 0 Å². The molecule has 0 bridgehead atoms. The van der Waals surface area contributed by atoms with Crippen molar-refractivity contribution in [1.29, 1.82) is 0 Å². The maximum absolute atomic E-state index is 16.5. The van der Waals surface area contributed by atoms with E-state index in [1.54, 1.807) is 24.4 Å². The minimum absolute atomic E-state index is 0.0524. The number of nitrogens with zero attached hydrogens (tertiary/aromatic N) is 5. The molecule has 0 unspecified atom stereocenters. The molecule has 2 aliphatic heterocycles. The molecule has 2 aromatic carbocycles. The van der Waals surface area contributed by atoms with Gasteiger partial charge < -0.3 is 19.3 Å². The van der Waals surface area contributed by atoms with Gasteiger partial charge in [0, 0.05) is 42.2 Å². The van der Waals surface area contributed by atoms with Crippen LogP contribution in [0.3, 0.4) is 0 Å². The van der Waals surface area contributed by atoms with Crippen LogP contribution < -0.4 is 9.64 Å². The van der Waals surface area contributed by atoms with Gasteiger partial charge in [-0.15, -0.1) is 6.42 Å². The summed E-state index contributed by atoms with van der Waals surface area (Å²) in [5.74, 6) is 1.85. The Hall–Kier alpha value is -3.87. The second-order valence-corrected chi connectivity index (χ2v) is 11.7. The maximum atomic E-state index is 16.5. The maximum Gasteiger partial charge on any atom is 0.319 e. The van der Waals surface area contributed by atoms with E-state index in [0.29, 0.717) is 60.5 Å². The molecule has 0 amide bonds. The van der Waals surface area contributed by atoms with E-state index in [-0.39, 0.29) is 28.2 Å². The van der Waals surface area contributed by atoms with Gasteiger partial charge in [-0.05, 0) is 50.2 Å². The number of morpholine rings is 1. The zero-order valence-corrected chi connectivity index (χ0v) is 23.5. The fourth-order valence-electron chi connectivity index (χ4n) is 6.32. The molecule has 1 saturated carbocycles. The van der Waals surface area contributed by atoms with Crippen molar-refractivity contribution in [2.45, 2.75) is 32.1 Å². The molecule has 3 fully saturated rings. The van der Waals surface area contributed by atoms with Gasteiger partial charge in [-0.3, -0.25) is 4.98 Å². The number of ether oxygens (including phenoxy) is 2. The fourth-order valence-corrected chi connectivity index (χ4v) is 6.32. The molecule has 0 N–H and O–H groups in total. The molecule has 216 valence electrons. The van der Waals surface area contributed by atoms with Gasteiger partial charge in [0.15, 0.2) is 5.82 Å². The summed E-state index contributed by atoms with van der Waals surface area (Å²) in [7, 11) is 0. The number of hydrogen-bond donors (Lipinski definition) is 0. The van der Waals surface area contributed by atoms with E-state index in [1.165, 1.54) is 25.3 Å². The van der Waals surface area contributed by atoms with Crippen LogP contribution >= 0.6 is 0 Å². The summed E-state index contributed by atoms with van der Waals surface area (Å²) >= 11 is 0. The van der Waals surface area contributed by atoms with E-state index in [0.717, 1.165) is 32.5 Å². The van der Waals surface area contributed by atoms with Gasteiger partial charge in [-0.25, -0.2) is 8.78 Å². The number of pyridine rings is 1. The molecule has 1 aliphatic carbocycles. The second kappa shape index (κ2) is 11.1. The highest BCUT2D eigenvalue weighted by Crippen LogP contribution is 2.47. The average molecular weight is 570 g/mol. The van der Waals surface area contributed by atoms with Crippen molar-refractivity contribution < 1.29 is 18.3 Å². The van der Waals surface area contributed by atoms with Crippen LogP contribution in [0, 0.1) is 29.4 Å². The number of aromatic nitrogens is 3. The lowest BCUT2D eigenvalue weighted by atomic mass is 9.96. The van der Waals surface area contributed by atoms with Gasteiger partial charge in [-0.2, -0.15) is 9.97 Å². The Balaban J connectivity index is 1.30. The van der Waals surface area contributed by atoms with E-state index in [2.05, 4.69) is 25.7 Å². The topological polar surface area (TPSA) is 63.6 Å². The lowest BCUT2D eigenvalue weighted by Gasteiger charge is -2.30. The molecule has 2 aromatic heterocycles. The van der Waals surface area contributed by atoms with Crippen molar-refractivity contribution in [1.82, 2.24) is 19.9 Å². The van der Waals surface area contributed by atoms with E-state index in [1.807, 2.05) is 6.07 Å². The Morgan fingerprint density at radius 1 is 1.00 bits per heavy atom. The number of halogens is 2. The van der Waals surface area contributed by atoms with Crippen LogP contribution in [-0.2, 0) is 4.74 Å². The van der Waals surface area contributed by atoms with Gasteiger partial charge in [-0.1, -0.05) is 36.6 Å². The third-order valence-corrected chi connectivity index (χ3v) is 8.82. The number of piperidine rings is 1. The third kappa shape index (κ3) is 5.03. The minimum atomic E-state index is -0.622. The molecule has 4 heterocycles. The average Bonchev–Trinajstić information content (AvgIpc) is 3.80. The number of fused-ring (bicyclic) bond motifs is 2. The Kier molecular flexibility index (Phi) is 7.12. The first-order chi connectivity index (χ1) is 20.5. The van der Waals surface area contributed by atoms with E-state index in [9.17, 15) is 4.39 Å². The van der Waals surface area contributed by atoms with E-state index in [4.69, 9.17) is 20.9 Å². The Morgan fingerprint density at radius 3 is 2.57 bits per heavy atom. The molecule has 9 heteroatoms. The lowest BCUT2D eigenvalue weighted by Crippen LogP contribution is -2.37. The number of benzene rings is 2. The number of rotatable bonds is 7. The zero-order chi connectivity index (χ0) is 28.7. The first-order valence-corrected chi connectivity index (χ1v) is 14.8. The summed E-state index contributed by atoms with van der Waals surface area (Å²) in [6.45, 7) is 6.09. The van der Waals surface area contributed by atoms with Crippen LogP contribution in [0.1, 0.15) is 37.7 Å². The highest BCUT2D eigenvalue weighted by Gasteiger charge is 2.45. The minimum Gasteiger partial charge on any atom is -0.463 e. The summed E-state index contributed by atoms with van der Waals surface area (Å²) in [5, 5.41) is 1.63. The molecular weight excluding hydrogens is 536 g/mol. The second-order valence-electron chi connectivity index (χ2n) is 11.7. The van der Waals surface area contributed by atoms with Crippen molar-refractivity contribution in [3.8, 4) is 29.6 Å². The van der Waals surface area contributed by atoms with Crippen LogP contribution in [0.5, 0.6) is 6.01 Å². The summed E-state index contributed by atoms with van der Waals surface area (Å²) in [6.07, 6.45) is 13.3. The van der Waals surface area contributed by atoms with Crippen LogP contribution in [-0.4, -0.2) is 72.4 Å². The predicted octanol–water partition coefficient (Wildman–Crippen LogP) is 5.59. The monoisotopic (exact) mass is 569 g/mol. The molecule has 7 rings (SSSR count). The van der Waals surface area contributed by atoms with Gasteiger partial charge in [0.25, 0.3) is 0 Å². The molecule has 42 heavy (non-hydrogen) atoms. The number of likely N-dealkylation sites (tertiary alicyclic amines) is 1. The standard InChI is InChI=1S/C33H33F2N5O2/c1-2-23-26(34)10-9-22-7-6-8-24(27(22)23)29-28(35)30-25(19-36-29)31(40-15-17-41-18-16-40)38-32(37-30)42-21-33(11-12-33)20-39-13-4-3-5-14-39/h1,6-10,19H,3-5,11-18,20-21H2. The number of hydrogen-bond acceptors (Lipinski definition) is 7. The molecule has 3 aliphatic rings. The first-order valence-electron chi connectivity index (χ1n) is 14.8. The third-order valence-electron chi connectivity index (χ3n) is 8.82. The molecule has 7 nitrogen and oxygen atoms in total. The van der Waals surface area contributed by atoms with Crippen molar-refractivity contribution in [3.63, 3.8) is 0 Å². The SMILES string of the molecule is C#Cc1c(F)ccc2cccc(-c3ncc4c(N5CCOCC5)nc(OCC5(CN6CCCCC6)CC5)nc4c3F)c12. The van der Waals surface area contributed by atoms with Gasteiger partial charge >= 0.3 is 6.01 Å². The van der Waals surface area contributed by atoms with Crippen LogP contribution in [0.15, 0.2) is 36.5 Å². The fraction of sp³-hybridized carbons (Fsp3) is 0.424. The van der Waals surface area contributed by atoms with Crippen molar-refractivity contribution in [3.05, 3.63) is 53.7 Å². The van der Waals surface area contributed by atoms with Gasteiger partial charge in [0.05, 0.1) is 30.8 Å². The van der Waals surface area contributed by atoms with Crippen molar-refractivity contribution in [2.75, 3.05) is 57.4 Å². The van der Waals surface area contributed by atoms with Crippen molar-refractivity contribution >= 4 is 27.5 Å². The Labute approximate surface area is 243 Å². The molecule has 0 spiro atoms. The molecule has 0 atom stereocenters.